The number of halogens is 2. The molecule has 0 saturated heterocycles. The average Bonchev–Trinajstić information content (AvgIpc) is 2.24. The minimum Gasteiger partial charge on any atom is -0.382 e. The maximum absolute atomic E-state index is 13.3. The Balaban J connectivity index is 2.64. The first kappa shape index (κ1) is 12.9. The van der Waals surface area contributed by atoms with Crippen molar-refractivity contribution < 1.29 is 8.78 Å². The van der Waals surface area contributed by atoms with Gasteiger partial charge in [-0.3, -0.25) is 0 Å². The first-order valence-electron chi connectivity index (χ1n) is 5.44. The molecule has 0 aromatic heterocycles. The number of benzene rings is 1. The Morgan fingerprint density at radius 3 is 2.56 bits per heavy atom. The van der Waals surface area contributed by atoms with Crippen molar-refractivity contribution in [3.63, 3.8) is 0 Å². The SMILES string of the molecule is CC(C)C(CN)CNc1cccc(F)c1F. The molecule has 0 fully saturated rings. The van der Waals surface area contributed by atoms with E-state index >= 15 is 0 Å². The van der Waals surface area contributed by atoms with E-state index in [2.05, 4.69) is 19.2 Å². The number of anilines is 1. The van der Waals surface area contributed by atoms with E-state index in [0.717, 1.165) is 6.07 Å². The van der Waals surface area contributed by atoms with E-state index in [-0.39, 0.29) is 11.6 Å². The molecule has 0 aliphatic carbocycles. The molecule has 1 aromatic rings. The van der Waals surface area contributed by atoms with E-state index in [0.29, 0.717) is 19.0 Å². The van der Waals surface area contributed by atoms with Crippen molar-refractivity contribution in [1.29, 1.82) is 0 Å². The quantitative estimate of drug-likeness (QED) is 0.813. The second-order valence-electron chi connectivity index (χ2n) is 4.22. The minimum atomic E-state index is -0.834. The topological polar surface area (TPSA) is 38.0 Å². The van der Waals surface area contributed by atoms with Crippen LogP contribution in [0, 0.1) is 23.5 Å². The zero-order chi connectivity index (χ0) is 12.1. The van der Waals surface area contributed by atoms with Gasteiger partial charge in [0.2, 0.25) is 0 Å². The number of hydrogen-bond donors (Lipinski definition) is 2. The molecule has 4 heteroatoms. The summed E-state index contributed by atoms with van der Waals surface area (Å²) in [6.07, 6.45) is 0. The summed E-state index contributed by atoms with van der Waals surface area (Å²) < 4.78 is 26.2. The molecule has 0 aliphatic rings. The van der Waals surface area contributed by atoms with Gasteiger partial charge in [0.15, 0.2) is 11.6 Å². The maximum atomic E-state index is 13.3. The van der Waals surface area contributed by atoms with E-state index in [1.807, 2.05) is 0 Å². The molecule has 1 aromatic carbocycles. The standard InChI is InChI=1S/C12H18F2N2/c1-8(2)9(6-15)7-16-11-5-3-4-10(13)12(11)14/h3-5,8-9,16H,6-7,15H2,1-2H3. The minimum absolute atomic E-state index is 0.194. The van der Waals surface area contributed by atoms with Gasteiger partial charge in [0.05, 0.1) is 5.69 Å². The van der Waals surface area contributed by atoms with Crippen LogP contribution in [0.1, 0.15) is 13.8 Å². The lowest BCUT2D eigenvalue weighted by atomic mass is 9.96. The Bertz CT molecular complexity index is 340. The molecule has 16 heavy (non-hydrogen) atoms. The van der Waals surface area contributed by atoms with Crippen LogP contribution >= 0.6 is 0 Å². The third-order valence-corrected chi connectivity index (χ3v) is 2.75. The van der Waals surface area contributed by atoms with Crippen LogP contribution in [-0.2, 0) is 0 Å². The molecule has 90 valence electrons. The summed E-state index contributed by atoms with van der Waals surface area (Å²) >= 11 is 0. The van der Waals surface area contributed by atoms with Crippen LogP contribution in [0.5, 0.6) is 0 Å². The van der Waals surface area contributed by atoms with E-state index in [4.69, 9.17) is 5.73 Å². The van der Waals surface area contributed by atoms with Crippen LogP contribution in [0.3, 0.4) is 0 Å². The summed E-state index contributed by atoms with van der Waals surface area (Å²) in [7, 11) is 0. The Morgan fingerprint density at radius 2 is 2.00 bits per heavy atom. The summed E-state index contributed by atoms with van der Waals surface area (Å²) in [5.41, 5.74) is 5.79. The Hall–Kier alpha value is -1.16. The molecule has 1 atom stereocenters. The van der Waals surface area contributed by atoms with Gasteiger partial charge in [-0.1, -0.05) is 19.9 Å². The van der Waals surface area contributed by atoms with Crippen LogP contribution < -0.4 is 11.1 Å². The van der Waals surface area contributed by atoms with Gasteiger partial charge in [-0.2, -0.15) is 0 Å². The first-order valence-corrected chi connectivity index (χ1v) is 5.44. The highest BCUT2D eigenvalue weighted by atomic mass is 19.2. The van der Waals surface area contributed by atoms with Crippen molar-refractivity contribution in [2.45, 2.75) is 13.8 Å². The molecule has 0 amide bonds. The second-order valence-corrected chi connectivity index (χ2v) is 4.22. The zero-order valence-corrected chi connectivity index (χ0v) is 9.63. The van der Waals surface area contributed by atoms with Gasteiger partial charge in [-0.25, -0.2) is 8.78 Å². The highest BCUT2D eigenvalue weighted by Gasteiger charge is 2.13. The normalized spacial score (nSPS) is 12.9. The molecule has 1 unspecified atom stereocenters. The van der Waals surface area contributed by atoms with Crippen molar-refractivity contribution in [1.82, 2.24) is 0 Å². The molecule has 0 radical (unpaired) electrons. The third kappa shape index (κ3) is 3.17. The van der Waals surface area contributed by atoms with Crippen molar-refractivity contribution in [3.05, 3.63) is 29.8 Å². The van der Waals surface area contributed by atoms with Gasteiger partial charge in [0, 0.05) is 6.54 Å². The highest BCUT2D eigenvalue weighted by Crippen LogP contribution is 2.18. The van der Waals surface area contributed by atoms with Gasteiger partial charge in [0.1, 0.15) is 0 Å². The number of nitrogens with two attached hydrogens (primary N) is 1. The van der Waals surface area contributed by atoms with Crippen LogP contribution in [0.25, 0.3) is 0 Å². The van der Waals surface area contributed by atoms with Crippen molar-refractivity contribution >= 4 is 5.69 Å². The lowest BCUT2D eigenvalue weighted by Gasteiger charge is -2.20. The number of hydrogen-bond acceptors (Lipinski definition) is 2. The van der Waals surface area contributed by atoms with Crippen molar-refractivity contribution in [3.8, 4) is 0 Å². The monoisotopic (exact) mass is 228 g/mol. The van der Waals surface area contributed by atoms with Gasteiger partial charge in [0.25, 0.3) is 0 Å². The fourth-order valence-corrected chi connectivity index (χ4v) is 1.47. The van der Waals surface area contributed by atoms with Crippen LogP contribution in [0.2, 0.25) is 0 Å². The Morgan fingerprint density at radius 1 is 1.31 bits per heavy atom. The zero-order valence-electron chi connectivity index (χ0n) is 9.63. The molecule has 1 rings (SSSR count). The summed E-state index contributed by atoms with van der Waals surface area (Å²) in [4.78, 5) is 0. The van der Waals surface area contributed by atoms with E-state index < -0.39 is 11.6 Å². The number of nitrogens with one attached hydrogen (secondary N) is 1. The fraction of sp³-hybridized carbons (Fsp3) is 0.500. The lowest BCUT2D eigenvalue weighted by molar-refractivity contribution is 0.412. The summed E-state index contributed by atoms with van der Waals surface area (Å²) in [6.45, 7) is 5.19. The molecule has 0 spiro atoms. The van der Waals surface area contributed by atoms with E-state index in [1.54, 1.807) is 0 Å². The number of rotatable bonds is 5. The van der Waals surface area contributed by atoms with Crippen molar-refractivity contribution in [2.75, 3.05) is 18.4 Å². The summed E-state index contributed by atoms with van der Waals surface area (Å²) in [5.74, 6) is -1.00. The smallest absolute Gasteiger partial charge is 0.181 e. The molecule has 3 N–H and O–H groups in total. The molecule has 2 nitrogen and oxygen atoms in total. The van der Waals surface area contributed by atoms with Gasteiger partial charge in [-0.15, -0.1) is 0 Å². The third-order valence-electron chi connectivity index (χ3n) is 2.75. The van der Waals surface area contributed by atoms with Crippen LogP contribution in [0.15, 0.2) is 18.2 Å². The molecule has 0 heterocycles. The average molecular weight is 228 g/mol. The maximum Gasteiger partial charge on any atom is 0.181 e. The van der Waals surface area contributed by atoms with Crippen LogP contribution in [0.4, 0.5) is 14.5 Å². The molecular weight excluding hydrogens is 210 g/mol. The molecule has 0 saturated carbocycles. The van der Waals surface area contributed by atoms with Gasteiger partial charge in [-0.05, 0) is 30.5 Å². The molecule has 0 bridgehead atoms. The van der Waals surface area contributed by atoms with E-state index in [9.17, 15) is 8.78 Å². The largest absolute Gasteiger partial charge is 0.382 e. The lowest BCUT2D eigenvalue weighted by Crippen LogP contribution is -2.27. The molecular formula is C12H18F2N2. The Kier molecular flexibility index (Phi) is 4.68. The predicted octanol–water partition coefficient (Wildman–Crippen LogP) is 2.61. The van der Waals surface area contributed by atoms with Gasteiger partial charge < -0.3 is 11.1 Å². The van der Waals surface area contributed by atoms with Crippen molar-refractivity contribution in [2.24, 2.45) is 17.6 Å². The van der Waals surface area contributed by atoms with Gasteiger partial charge >= 0.3 is 0 Å². The van der Waals surface area contributed by atoms with E-state index in [1.165, 1.54) is 12.1 Å². The Labute approximate surface area is 94.8 Å². The summed E-state index contributed by atoms with van der Waals surface area (Å²) in [6, 6.07) is 4.10. The van der Waals surface area contributed by atoms with Crippen LogP contribution in [-0.4, -0.2) is 13.1 Å². The predicted molar refractivity (Wildman–Crippen MR) is 62.2 cm³/mol. The highest BCUT2D eigenvalue weighted by molar-refractivity contribution is 5.44. The summed E-state index contributed by atoms with van der Waals surface area (Å²) in [5, 5.41) is 2.89. The fourth-order valence-electron chi connectivity index (χ4n) is 1.47. The first-order chi connectivity index (χ1) is 7.56. The second kappa shape index (κ2) is 5.80. The molecule has 0 aliphatic heterocycles.